The van der Waals surface area contributed by atoms with E-state index in [9.17, 15) is 19.3 Å². The first-order chi connectivity index (χ1) is 9.90. The quantitative estimate of drug-likeness (QED) is 0.526. The molecule has 0 saturated carbocycles. The molecule has 0 spiro atoms. The number of nitrogens with zero attached hydrogens (tertiary/aromatic N) is 4. The molecule has 0 aromatic carbocycles. The van der Waals surface area contributed by atoms with Gasteiger partial charge in [0.2, 0.25) is 5.69 Å². The van der Waals surface area contributed by atoms with Gasteiger partial charge in [-0.1, -0.05) is 0 Å². The SMILES string of the molecule is Cc1c([N+](=O)[O-])c(C(=O)N/N=C/c2ccc(F)s2)nn1C. The van der Waals surface area contributed by atoms with Gasteiger partial charge in [-0.25, -0.2) is 5.43 Å². The highest BCUT2D eigenvalue weighted by molar-refractivity contribution is 7.12. The summed E-state index contributed by atoms with van der Waals surface area (Å²) in [7, 11) is 1.50. The van der Waals surface area contributed by atoms with Crippen molar-refractivity contribution in [1.82, 2.24) is 15.2 Å². The number of nitro groups is 1. The molecule has 2 aromatic heterocycles. The van der Waals surface area contributed by atoms with Gasteiger partial charge in [-0.15, -0.1) is 11.3 Å². The highest BCUT2D eigenvalue weighted by Crippen LogP contribution is 2.21. The minimum absolute atomic E-state index is 0.259. The van der Waals surface area contributed by atoms with Gasteiger partial charge in [-0.2, -0.15) is 14.6 Å². The van der Waals surface area contributed by atoms with E-state index in [-0.39, 0.29) is 22.2 Å². The molecule has 0 bridgehead atoms. The molecule has 2 rings (SSSR count). The van der Waals surface area contributed by atoms with E-state index >= 15 is 0 Å². The fraction of sp³-hybridized carbons (Fsp3) is 0.182. The average Bonchev–Trinajstić information content (AvgIpc) is 2.94. The lowest BCUT2D eigenvalue weighted by molar-refractivity contribution is -0.385. The third kappa shape index (κ3) is 3.11. The summed E-state index contributed by atoms with van der Waals surface area (Å²) >= 11 is 0.855. The number of hydrogen-bond acceptors (Lipinski definition) is 6. The van der Waals surface area contributed by atoms with E-state index in [1.807, 2.05) is 0 Å². The number of amides is 1. The van der Waals surface area contributed by atoms with Gasteiger partial charge in [0.05, 0.1) is 16.0 Å². The van der Waals surface area contributed by atoms with Crippen LogP contribution in [0, 0.1) is 22.2 Å². The molecule has 0 saturated heterocycles. The number of halogens is 1. The zero-order chi connectivity index (χ0) is 15.6. The molecule has 2 aromatic rings. The van der Waals surface area contributed by atoms with Crippen molar-refractivity contribution in [3.8, 4) is 0 Å². The predicted octanol–water partition coefficient (Wildman–Crippen LogP) is 1.60. The maximum atomic E-state index is 12.7. The van der Waals surface area contributed by atoms with Crippen LogP contribution in [-0.2, 0) is 7.05 Å². The molecule has 0 aliphatic rings. The van der Waals surface area contributed by atoms with Crippen molar-refractivity contribution in [1.29, 1.82) is 0 Å². The summed E-state index contributed by atoms with van der Waals surface area (Å²) in [4.78, 5) is 22.6. The van der Waals surface area contributed by atoms with Gasteiger partial charge in [0.15, 0.2) is 5.13 Å². The van der Waals surface area contributed by atoms with Crippen molar-refractivity contribution < 1.29 is 14.1 Å². The van der Waals surface area contributed by atoms with Gasteiger partial charge in [-0.3, -0.25) is 19.6 Å². The minimum Gasteiger partial charge on any atom is -0.265 e. The number of carbonyl (C=O) groups is 1. The second-order valence-electron chi connectivity index (χ2n) is 4.00. The molecule has 1 N–H and O–H groups in total. The smallest absolute Gasteiger partial charge is 0.265 e. The molecule has 0 radical (unpaired) electrons. The largest absolute Gasteiger partial charge is 0.322 e. The van der Waals surface area contributed by atoms with Crippen LogP contribution in [0.25, 0.3) is 0 Å². The fourth-order valence-corrected chi connectivity index (χ4v) is 2.18. The number of aromatic nitrogens is 2. The van der Waals surface area contributed by atoms with Gasteiger partial charge in [-0.05, 0) is 19.1 Å². The monoisotopic (exact) mass is 311 g/mol. The minimum atomic E-state index is -0.807. The molecule has 2 heterocycles. The van der Waals surface area contributed by atoms with E-state index in [2.05, 4.69) is 15.6 Å². The summed E-state index contributed by atoms with van der Waals surface area (Å²) in [5.41, 5.74) is 1.69. The molecule has 10 heteroatoms. The topological polar surface area (TPSA) is 102 Å². The fourth-order valence-electron chi connectivity index (χ4n) is 1.57. The van der Waals surface area contributed by atoms with Crippen molar-refractivity contribution in [2.75, 3.05) is 0 Å². The Morgan fingerprint density at radius 1 is 1.62 bits per heavy atom. The number of aryl methyl sites for hydroxylation is 1. The van der Waals surface area contributed by atoms with Gasteiger partial charge < -0.3 is 0 Å². The first kappa shape index (κ1) is 14.8. The molecule has 0 aliphatic carbocycles. The van der Waals surface area contributed by atoms with E-state index in [0.717, 1.165) is 11.3 Å². The first-order valence-corrected chi connectivity index (χ1v) is 6.48. The molecule has 0 aliphatic heterocycles. The summed E-state index contributed by atoms with van der Waals surface area (Å²) in [6, 6.07) is 2.75. The molecular formula is C11H10FN5O3S. The van der Waals surface area contributed by atoms with Crippen molar-refractivity contribution in [3.05, 3.63) is 43.6 Å². The van der Waals surface area contributed by atoms with Crippen LogP contribution in [0.15, 0.2) is 17.2 Å². The maximum absolute atomic E-state index is 12.7. The molecule has 8 nitrogen and oxygen atoms in total. The third-order valence-corrected chi connectivity index (χ3v) is 3.46. The van der Waals surface area contributed by atoms with Gasteiger partial charge in [0.25, 0.3) is 5.91 Å². The first-order valence-electron chi connectivity index (χ1n) is 5.67. The van der Waals surface area contributed by atoms with E-state index in [1.165, 1.54) is 37.0 Å². The second kappa shape index (κ2) is 5.79. The number of nitrogens with one attached hydrogen (secondary N) is 1. The summed E-state index contributed by atoms with van der Waals surface area (Å²) in [6.45, 7) is 1.49. The molecule has 1 amide bonds. The Morgan fingerprint density at radius 3 is 2.90 bits per heavy atom. The Morgan fingerprint density at radius 2 is 2.33 bits per heavy atom. The van der Waals surface area contributed by atoms with Crippen LogP contribution in [0.3, 0.4) is 0 Å². The molecule has 110 valence electrons. The maximum Gasteiger partial charge on any atom is 0.322 e. The van der Waals surface area contributed by atoms with E-state index in [0.29, 0.717) is 4.88 Å². The third-order valence-electron chi connectivity index (χ3n) is 2.65. The molecule has 21 heavy (non-hydrogen) atoms. The second-order valence-corrected chi connectivity index (χ2v) is 5.07. The van der Waals surface area contributed by atoms with Crippen LogP contribution >= 0.6 is 11.3 Å². The Labute approximate surface area is 122 Å². The molecular weight excluding hydrogens is 301 g/mol. The van der Waals surface area contributed by atoms with Crippen LogP contribution in [0.2, 0.25) is 0 Å². The lowest BCUT2D eigenvalue weighted by Crippen LogP contribution is -2.19. The van der Waals surface area contributed by atoms with Gasteiger partial charge >= 0.3 is 5.69 Å². The number of thiophene rings is 1. The lowest BCUT2D eigenvalue weighted by atomic mass is 10.3. The Hall–Kier alpha value is -2.62. The van der Waals surface area contributed by atoms with Gasteiger partial charge in [0.1, 0.15) is 5.69 Å². The normalized spacial score (nSPS) is 11.0. The van der Waals surface area contributed by atoms with E-state index < -0.39 is 10.8 Å². The Balaban J connectivity index is 2.16. The molecule has 0 atom stereocenters. The van der Waals surface area contributed by atoms with Crippen molar-refractivity contribution in [2.45, 2.75) is 6.92 Å². The number of rotatable bonds is 4. The zero-order valence-corrected chi connectivity index (χ0v) is 11.8. The van der Waals surface area contributed by atoms with Crippen LogP contribution < -0.4 is 5.43 Å². The van der Waals surface area contributed by atoms with Crippen molar-refractivity contribution >= 4 is 29.1 Å². The summed E-state index contributed by atoms with van der Waals surface area (Å²) in [5.74, 6) is -0.807. The standard InChI is InChI=1S/C11H10FN5O3S/c1-6-10(17(19)20)9(15-16(6)2)11(18)14-13-5-7-3-4-8(12)21-7/h3-5H,1-2H3,(H,14,18)/b13-5+. The Bertz CT molecular complexity index is 736. The average molecular weight is 311 g/mol. The Kier molecular flexibility index (Phi) is 4.08. The molecule has 0 fully saturated rings. The number of hydrogen-bond donors (Lipinski definition) is 1. The van der Waals surface area contributed by atoms with Crippen LogP contribution in [0.5, 0.6) is 0 Å². The summed E-state index contributed by atoms with van der Waals surface area (Å²) in [5, 5.41) is 18.0. The van der Waals surface area contributed by atoms with E-state index in [4.69, 9.17) is 0 Å². The number of hydrazone groups is 1. The molecule has 0 unspecified atom stereocenters. The van der Waals surface area contributed by atoms with Crippen LogP contribution in [-0.4, -0.2) is 26.8 Å². The highest BCUT2D eigenvalue weighted by atomic mass is 32.1. The predicted molar refractivity (Wildman–Crippen MR) is 73.9 cm³/mol. The van der Waals surface area contributed by atoms with Gasteiger partial charge in [0, 0.05) is 7.05 Å². The van der Waals surface area contributed by atoms with Crippen molar-refractivity contribution in [2.24, 2.45) is 12.1 Å². The lowest BCUT2D eigenvalue weighted by Gasteiger charge is -1.95. The van der Waals surface area contributed by atoms with Crippen LogP contribution in [0.1, 0.15) is 21.1 Å². The summed E-state index contributed by atoms with van der Waals surface area (Å²) in [6.07, 6.45) is 1.24. The van der Waals surface area contributed by atoms with Crippen LogP contribution in [0.4, 0.5) is 10.1 Å². The highest BCUT2D eigenvalue weighted by Gasteiger charge is 2.28. The van der Waals surface area contributed by atoms with E-state index in [1.54, 1.807) is 0 Å². The summed E-state index contributed by atoms with van der Waals surface area (Å²) < 4.78 is 14.0. The van der Waals surface area contributed by atoms with Crippen molar-refractivity contribution in [3.63, 3.8) is 0 Å². The zero-order valence-electron chi connectivity index (χ0n) is 11.0. The number of carbonyl (C=O) groups excluding carboxylic acids is 1.